The Morgan fingerprint density at radius 2 is 2.00 bits per heavy atom. The van der Waals surface area contributed by atoms with Gasteiger partial charge in [0, 0.05) is 18.2 Å². The van der Waals surface area contributed by atoms with Gasteiger partial charge in [-0.05, 0) is 44.0 Å². The summed E-state index contributed by atoms with van der Waals surface area (Å²) in [6.45, 7) is 1.48. The highest BCUT2D eigenvalue weighted by atomic mass is 32.2. The van der Waals surface area contributed by atoms with E-state index in [-0.39, 0.29) is 23.9 Å². The monoisotopic (exact) mass is 331 g/mol. The first-order chi connectivity index (χ1) is 10.2. The van der Waals surface area contributed by atoms with Crippen LogP contribution < -0.4 is 5.14 Å². The SMILES string of the molecule is NS(=O)(=O)CC1CCN(Cc2cc(F)ccc2[N+](=O)[O-])CC1. The molecular formula is C13H18FN3O4S. The topological polar surface area (TPSA) is 107 Å². The summed E-state index contributed by atoms with van der Waals surface area (Å²) in [5.41, 5.74) is 0.225. The zero-order valence-corrected chi connectivity index (χ0v) is 12.8. The van der Waals surface area contributed by atoms with Crippen molar-refractivity contribution in [2.75, 3.05) is 18.8 Å². The number of benzene rings is 1. The highest BCUT2D eigenvalue weighted by Crippen LogP contribution is 2.24. The highest BCUT2D eigenvalue weighted by molar-refractivity contribution is 7.89. The third kappa shape index (κ3) is 4.72. The first-order valence-corrected chi connectivity index (χ1v) is 8.62. The van der Waals surface area contributed by atoms with Gasteiger partial charge in [-0.3, -0.25) is 15.0 Å². The third-order valence-corrected chi connectivity index (χ3v) is 4.74. The van der Waals surface area contributed by atoms with E-state index in [2.05, 4.69) is 0 Å². The fourth-order valence-electron chi connectivity index (χ4n) is 2.74. The molecule has 2 N–H and O–H groups in total. The molecule has 2 rings (SSSR count). The van der Waals surface area contributed by atoms with Crippen molar-refractivity contribution < 1.29 is 17.7 Å². The summed E-state index contributed by atoms with van der Waals surface area (Å²) in [5, 5.41) is 16.0. The van der Waals surface area contributed by atoms with Crippen LogP contribution in [0.4, 0.5) is 10.1 Å². The summed E-state index contributed by atoms with van der Waals surface area (Å²) < 4.78 is 35.4. The smallest absolute Gasteiger partial charge is 0.274 e. The van der Waals surface area contributed by atoms with Crippen LogP contribution in [0.2, 0.25) is 0 Å². The highest BCUT2D eigenvalue weighted by Gasteiger charge is 2.24. The second-order valence-electron chi connectivity index (χ2n) is 5.58. The Morgan fingerprint density at radius 1 is 1.36 bits per heavy atom. The molecule has 7 nitrogen and oxygen atoms in total. The minimum absolute atomic E-state index is 0.00810. The van der Waals surface area contributed by atoms with Gasteiger partial charge in [0.15, 0.2) is 0 Å². The normalized spacial score (nSPS) is 17.5. The van der Waals surface area contributed by atoms with Gasteiger partial charge in [-0.1, -0.05) is 0 Å². The summed E-state index contributed by atoms with van der Waals surface area (Å²) >= 11 is 0. The summed E-state index contributed by atoms with van der Waals surface area (Å²) in [7, 11) is -3.48. The average molecular weight is 331 g/mol. The van der Waals surface area contributed by atoms with Crippen LogP contribution in [-0.4, -0.2) is 37.1 Å². The molecule has 1 aliphatic rings. The number of rotatable bonds is 5. The number of nitrogens with two attached hydrogens (primary N) is 1. The first-order valence-electron chi connectivity index (χ1n) is 6.90. The Kier molecular flexibility index (Phi) is 5.09. The largest absolute Gasteiger partial charge is 0.299 e. The summed E-state index contributed by atoms with van der Waals surface area (Å²) in [6.07, 6.45) is 1.30. The molecule has 0 saturated carbocycles. The lowest BCUT2D eigenvalue weighted by atomic mass is 9.98. The molecule has 1 heterocycles. The Morgan fingerprint density at radius 3 is 2.55 bits per heavy atom. The Balaban J connectivity index is 1.99. The predicted octanol–water partition coefficient (Wildman–Crippen LogP) is 1.23. The number of nitro groups is 1. The van der Waals surface area contributed by atoms with Gasteiger partial charge >= 0.3 is 0 Å². The minimum Gasteiger partial charge on any atom is -0.299 e. The van der Waals surface area contributed by atoms with Gasteiger partial charge in [0.1, 0.15) is 5.82 Å². The van der Waals surface area contributed by atoms with Crippen molar-refractivity contribution in [1.82, 2.24) is 4.90 Å². The van der Waals surface area contributed by atoms with E-state index in [9.17, 15) is 22.9 Å². The minimum atomic E-state index is -3.48. The maximum Gasteiger partial charge on any atom is 0.274 e. The molecule has 1 saturated heterocycles. The molecule has 122 valence electrons. The van der Waals surface area contributed by atoms with Crippen molar-refractivity contribution in [3.05, 3.63) is 39.7 Å². The van der Waals surface area contributed by atoms with Crippen molar-refractivity contribution in [2.45, 2.75) is 19.4 Å². The molecule has 0 aliphatic carbocycles. The number of hydrogen-bond donors (Lipinski definition) is 1. The molecule has 0 aromatic heterocycles. The lowest BCUT2D eigenvalue weighted by Gasteiger charge is -2.31. The average Bonchev–Trinajstić information content (AvgIpc) is 2.39. The molecule has 0 radical (unpaired) electrons. The molecule has 0 unspecified atom stereocenters. The fraction of sp³-hybridized carbons (Fsp3) is 0.538. The molecule has 0 bridgehead atoms. The second-order valence-corrected chi connectivity index (χ2v) is 7.24. The number of sulfonamides is 1. The predicted molar refractivity (Wildman–Crippen MR) is 79.0 cm³/mol. The molecule has 9 heteroatoms. The van der Waals surface area contributed by atoms with Gasteiger partial charge in [0.25, 0.3) is 5.69 Å². The van der Waals surface area contributed by atoms with Crippen molar-refractivity contribution in [3.8, 4) is 0 Å². The van der Waals surface area contributed by atoms with E-state index in [0.717, 1.165) is 6.07 Å². The van der Waals surface area contributed by atoms with Crippen LogP contribution in [0.15, 0.2) is 18.2 Å². The Hall–Kier alpha value is -1.58. The van der Waals surface area contributed by atoms with E-state index in [1.165, 1.54) is 12.1 Å². The Labute approximate surface area is 128 Å². The standard InChI is InChI=1S/C13H18FN3O4S/c14-12-1-2-13(17(18)19)11(7-12)8-16-5-3-10(4-6-16)9-22(15,20)21/h1-2,7,10H,3-6,8-9H2,(H2,15,20,21). The van der Waals surface area contributed by atoms with E-state index in [4.69, 9.17) is 5.14 Å². The molecule has 0 spiro atoms. The number of halogens is 1. The molecular weight excluding hydrogens is 313 g/mol. The molecule has 1 aliphatic heterocycles. The van der Waals surface area contributed by atoms with Crippen LogP contribution in [0.3, 0.4) is 0 Å². The summed E-state index contributed by atoms with van der Waals surface area (Å²) in [5.74, 6) is -0.542. The van der Waals surface area contributed by atoms with Gasteiger partial charge in [0.05, 0.1) is 10.7 Å². The van der Waals surface area contributed by atoms with Crippen molar-refractivity contribution in [3.63, 3.8) is 0 Å². The van der Waals surface area contributed by atoms with Crippen molar-refractivity contribution in [2.24, 2.45) is 11.1 Å². The summed E-state index contributed by atoms with van der Waals surface area (Å²) in [6, 6.07) is 3.41. The fourth-order valence-corrected chi connectivity index (χ4v) is 3.73. The van der Waals surface area contributed by atoms with Crippen LogP contribution in [0.25, 0.3) is 0 Å². The quantitative estimate of drug-likeness (QED) is 0.645. The van der Waals surface area contributed by atoms with Gasteiger partial charge < -0.3 is 0 Å². The maximum atomic E-state index is 13.3. The second kappa shape index (κ2) is 6.67. The van der Waals surface area contributed by atoms with Crippen molar-refractivity contribution in [1.29, 1.82) is 0 Å². The number of primary sulfonamides is 1. The third-order valence-electron chi connectivity index (χ3n) is 3.81. The Bertz CT molecular complexity index is 657. The number of likely N-dealkylation sites (tertiary alicyclic amines) is 1. The number of nitro benzene ring substituents is 1. The van der Waals surface area contributed by atoms with Crippen LogP contribution in [-0.2, 0) is 16.6 Å². The maximum absolute atomic E-state index is 13.3. The van der Waals surface area contributed by atoms with Gasteiger partial charge in [0.2, 0.25) is 10.0 Å². The first kappa shape index (κ1) is 16.8. The van der Waals surface area contributed by atoms with E-state index in [1.807, 2.05) is 4.90 Å². The van der Waals surface area contributed by atoms with E-state index in [0.29, 0.717) is 31.5 Å². The zero-order chi connectivity index (χ0) is 16.3. The van der Waals surface area contributed by atoms with Gasteiger partial charge in [-0.25, -0.2) is 17.9 Å². The molecule has 1 aromatic carbocycles. The number of hydrogen-bond acceptors (Lipinski definition) is 5. The van der Waals surface area contributed by atoms with E-state index < -0.39 is 20.8 Å². The van der Waals surface area contributed by atoms with Crippen LogP contribution in [0.1, 0.15) is 18.4 Å². The number of nitrogens with zero attached hydrogens (tertiary/aromatic N) is 2. The van der Waals surface area contributed by atoms with Crippen LogP contribution in [0, 0.1) is 21.8 Å². The lowest BCUT2D eigenvalue weighted by Crippen LogP contribution is -2.36. The van der Waals surface area contributed by atoms with Crippen molar-refractivity contribution >= 4 is 15.7 Å². The number of piperidine rings is 1. The molecule has 1 aromatic rings. The molecule has 0 amide bonds. The van der Waals surface area contributed by atoms with Gasteiger partial charge in [-0.2, -0.15) is 0 Å². The van der Waals surface area contributed by atoms with Crippen LogP contribution >= 0.6 is 0 Å². The molecule has 0 atom stereocenters. The van der Waals surface area contributed by atoms with E-state index in [1.54, 1.807) is 0 Å². The lowest BCUT2D eigenvalue weighted by molar-refractivity contribution is -0.385. The summed E-state index contributed by atoms with van der Waals surface area (Å²) in [4.78, 5) is 12.4. The van der Waals surface area contributed by atoms with Gasteiger partial charge in [-0.15, -0.1) is 0 Å². The zero-order valence-electron chi connectivity index (χ0n) is 11.9. The molecule has 1 fully saturated rings. The van der Waals surface area contributed by atoms with E-state index >= 15 is 0 Å². The molecule has 22 heavy (non-hydrogen) atoms. The van der Waals surface area contributed by atoms with Crippen LogP contribution in [0.5, 0.6) is 0 Å².